The van der Waals surface area contributed by atoms with Crippen LogP contribution in [0.1, 0.15) is 18.1 Å². The van der Waals surface area contributed by atoms with Crippen LogP contribution >= 0.6 is 0 Å². The summed E-state index contributed by atoms with van der Waals surface area (Å²) < 4.78 is 12.8. The highest BCUT2D eigenvalue weighted by molar-refractivity contribution is 5.91. The van der Waals surface area contributed by atoms with Gasteiger partial charge >= 0.3 is 0 Å². The highest BCUT2D eigenvalue weighted by Crippen LogP contribution is 2.11. The summed E-state index contributed by atoms with van der Waals surface area (Å²) in [5, 5.41) is 0. The monoisotopic (exact) mass is 178 g/mol. The van der Waals surface area contributed by atoms with Gasteiger partial charge in [0.25, 0.3) is 0 Å². The van der Waals surface area contributed by atoms with Crippen LogP contribution in [-0.2, 0) is 4.79 Å². The Hall–Kier alpha value is -1.44. The zero-order chi connectivity index (χ0) is 9.84. The van der Waals surface area contributed by atoms with Gasteiger partial charge in [-0.25, -0.2) is 4.39 Å². The first-order valence-electron chi connectivity index (χ1n) is 4.04. The van der Waals surface area contributed by atoms with Crippen LogP contribution < -0.4 is 0 Å². The Kier molecular flexibility index (Phi) is 2.96. The van der Waals surface area contributed by atoms with Crippen molar-refractivity contribution >= 4 is 11.9 Å². The first-order valence-corrected chi connectivity index (χ1v) is 4.04. The van der Waals surface area contributed by atoms with E-state index in [0.717, 1.165) is 11.1 Å². The first kappa shape index (κ1) is 9.65. The number of halogens is 1. The summed E-state index contributed by atoms with van der Waals surface area (Å²) in [5.74, 6) is -0.322. The molecular formula is C11H11FO. The Labute approximate surface area is 76.9 Å². The maximum absolute atomic E-state index is 12.8. The van der Waals surface area contributed by atoms with Gasteiger partial charge < -0.3 is 0 Å². The van der Waals surface area contributed by atoms with Crippen molar-refractivity contribution in [2.45, 2.75) is 13.8 Å². The molecule has 2 heteroatoms. The minimum Gasteiger partial charge on any atom is -0.295 e. The summed E-state index contributed by atoms with van der Waals surface area (Å²) in [6, 6.07) is 4.50. The Morgan fingerprint density at radius 3 is 2.77 bits per heavy atom. The smallest absolute Gasteiger partial charge is 0.152 e. The molecule has 1 aromatic carbocycles. The molecule has 0 aliphatic heterocycles. The molecule has 0 saturated carbocycles. The van der Waals surface area contributed by atoms with Gasteiger partial charge in [0, 0.05) is 0 Å². The lowest BCUT2D eigenvalue weighted by molar-refractivity contribution is -0.112. The molecule has 0 atom stereocenters. The summed E-state index contributed by atoms with van der Waals surface area (Å²) >= 11 is 0. The minimum atomic E-state index is -0.284. The molecular weight excluding hydrogens is 167 g/mol. The summed E-state index contributed by atoms with van der Waals surface area (Å²) in [4.78, 5) is 10.6. The second kappa shape index (κ2) is 3.99. The molecule has 13 heavy (non-hydrogen) atoms. The van der Waals surface area contributed by atoms with Crippen molar-refractivity contribution in [2.75, 3.05) is 0 Å². The molecule has 0 heterocycles. The van der Waals surface area contributed by atoms with Crippen LogP contribution in [0.15, 0.2) is 24.3 Å². The van der Waals surface area contributed by atoms with Gasteiger partial charge in [0.15, 0.2) is 5.78 Å². The van der Waals surface area contributed by atoms with Gasteiger partial charge in [-0.1, -0.05) is 12.1 Å². The number of aryl methyl sites for hydroxylation is 1. The number of carbonyl (C=O) groups is 1. The van der Waals surface area contributed by atoms with E-state index in [1.165, 1.54) is 25.1 Å². The van der Waals surface area contributed by atoms with E-state index in [4.69, 9.17) is 0 Å². The summed E-state index contributed by atoms with van der Waals surface area (Å²) in [5.41, 5.74) is 1.70. The van der Waals surface area contributed by atoms with Crippen LogP contribution in [0.2, 0.25) is 0 Å². The van der Waals surface area contributed by atoms with E-state index in [-0.39, 0.29) is 11.6 Å². The van der Waals surface area contributed by atoms with E-state index >= 15 is 0 Å². The molecule has 0 aliphatic carbocycles. The van der Waals surface area contributed by atoms with Crippen molar-refractivity contribution in [2.24, 2.45) is 0 Å². The Morgan fingerprint density at radius 1 is 1.46 bits per heavy atom. The molecule has 0 aliphatic rings. The fraction of sp³-hybridized carbons (Fsp3) is 0.182. The van der Waals surface area contributed by atoms with Gasteiger partial charge in [0.1, 0.15) is 5.82 Å². The maximum Gasteiger partial charge on any atom is 0.152 e. The van der Waals surface area contributed by atoms with E-state index in [2.05, 4.69) is 0 Å². The van der Waals surface area contributed by atoms with Crippen molar-refractivity contribution in [1.29, 1.82) is 0 Å². The topological polar surface area (TPSA) is 17.1 Å². The molecule has 0 N–H and O–H groups in total. The molecule has 0 amide bonds. The number of rotatable bonds is 2. The summed E-state index contributed by atoms with van der Waals surface area (Å²) in [7, 11) is 0. The second-order valence-corrected chi connectivity index (χ2v) is 2.94. The highest BCUT2D eigenvalue weighted by atomic mass is 19.1. The summed E-state index contributed by atoms with van der Waals surface area (Å²) in [6.45, 7) is 3.34. The van der Waals surface area contributed by atoms with Gasteiger partial charge in [-0.3, -0.25) is 4.79 Å². The van der Waals surface area contributed by atoms with Crippen LogP contribution in [0.25, 0.3) is 6.08 Å². The Bertz CT molecular complexity index is 353. The standard InChI is InChI=1S/C11H11FO/c1-8-3-6-11(12)7-10(8)5-4-9(2)13/h3-7H,1-2H3/b5-4+. The number of hydrogen-bond acceptors (Lipinski definition) is 1. The normalized spacial score (nSPS) is 10.7. The van der Waals surface area contributed by atoms with E-state index in [1.54, 1.807) is 12.1 Å². The zero-order valence-electron chi connectivity index (χ0n) is 7.67. The molecule has 1 rings (SSSR count). The molecule has 0 spiro atoms. The third-order valence-electron chi connectivity index (χ3n) is 1.74. The zero-order valence-corrected chi connectivity index (χ0v) is 7.67. The number of benzene rings is 1. The average molecular weight is 178 g/mol. The summed E-state index contributed by atoms with van der Waals surface area (Å²) in [6.07, 6.45) is 3.06. The lowest BCUT2D eigenvalue weighted by Gasteiger charge is -1.98. The molecule has 0 bridgehead atoms. The third-order valence-corrected chi connectivity index (χ3v) is 1.74. The average Bonchev–Trinajstić information content (AvgIpc) is 2.06. The lowest BCUT2D eigenvalue weighted by Crippen LogP contribution is -1.85. The number of allylic oxidation sites excluding steroid dienone is 1. The molecule has 0 saturated heterocycles. The van der Waals surface area contributed by atoms with Gasteiger partial charge in [0.2, 0.25) is 0 Å². The van der Waals surface area contributed by atoms with Crippen LogP contribution in [0.4, 0.5) is 4.39 Å². The van der Waals surface area contributed by atoms with Gasteiger partial charge in [0.05, 0.1) is 0 Å². The van der Waals surface area contributed by atoms with Crippen LogP contribution in [0, 0.1) is 12.7 Å². The Balaban J connectivity index is 3.00. The molecule has 0 radical (unpaired) electrons. The molecule has 1 nitrogen and oxygen atoms in total. The quantitative estimate of drug-likeness (QED) is 0.636. The van der Waals surface area contributed by atoms with Crippen molar-refractivity contribution in [3.05, 3.63) is 41.2 Å². The highest BCUT2D eigenvalue weighted by Gasteiger charge is 1.96. The van der Waals surface area contributed by atoms with E-state index < -0.39 is 0 Å². The predicted molar refractivity (Wildman–Crippen MR) is 50.9 cm³/mol. The molecule has 0 fully saturated rings. The minimum absolute atomic E-state index is 0.0383. The fourth-order valence-corrected chi connectivity index (χ4v) is 0.998. The van der Waals surface area contributed by atoms with Crippen LogP contribution in [0.3, 0.4) is 0 Å². The number of hydrogen-bond donors (Lipinski definition) is 0. The van der Waals surface area contributed by atoms with E-state index in [0.29, 0.717) is 0 Å². The van der Waals surface area contributed by atoms with Crippen molar-refractivity contribution in [3.8, 4) is 0 Å². The van der Waals surface area contributed by atoms with Gasteiger partial charge in [-0.05, 0) is 43.2 Å². The van der Waals surface area contributed by atoms with E-state index in [1.807, 2.05) is 6.92 Å². The molecule has 0 unspecified atom stereocenters. The molecule has 1 aromatic rings. The van der Waals surface area contributed by atoms with Crippen LogP contribution in [0.5, 0.6) is 0 Å². The predicted octanol–water partition coefficient (Wildman–Crippen LogP) is 2.74. The second-order valence-electron chi connectivity index (χ2n) is 2.94. The lowest BCUT2D eigenvalue weighted by atomic mass is 10.1. The van der Waals surface area contributed by atoms with Crippen LogP contribution in [-0.4, -0.2) is 5.78 Å². The molecule has 68 valence electrons. The third kappa shape index (κ3) is 2.82. The largest absolute Gasteiger partial charge is 0.295 e. The SMILES string of the molecule is CC(=O)/C=C/c1cc(F)ccc1C. The van der Waals surface area contributed by atoms with Gasteiger partial charge in [-0.2, -0.15) is 0 Å². The Morgan fingerprint density at radius 2 is 2.15 bits per heavy atom. The van der Waals surface area contributed by atoms with Crippen molar-refractivity contribution < 1.29 is 9.18 Å². The van der Waals surface area contributed by atoms with Crippen molar-refractivity contribution in [1.82, 2.24) is 0 Å². The number of ketones is 1. The number of carbonyl (C=O) groups excluding carboxylic acids is 1. The van der Waals surface area contributed by atoms with Gasteiger partial charge in [-0.15, -0.1) is 0 Å². The van der Waals surface area contributed by atoms with Crippen molar-refractivity contribution in [3.63, 3.8) is 0 Å². The fourth-order valence-electron chi connectivity index (χ4n) is 0.998. The molecule has 0 aromatic heterocycles. The first-order chi connectivity index (χ1) is 6.09. The van der Waals surface area contributed by atoms with E-state index in [9.17, 15) is 9.18 Å². The maximum atomic E-state index is 12.8.